The van der Waals surface area contributed by atoms with Crippen LogP contribution in [0, 0.1) is 5.92 Å². The first-order valence-electron chi connectivity index (χ1n) is 10.0. The van der Waals surface area contributed by atoms with E-state index in [0.29, 0.717) is 12.5 Å². The monoisotopic (exact) mass is 512 g/mol. The average Bonchev–Trinajstić information content (AvgIpc) is 2.57. The Morgan fingerprint density at radius 1 is 1.11 bits per heavy atom. The maximum Gasteiger partial charge on any atom is 0.407 e. The molecule has 1 unspecified atom stereocenters. The summed E-state index contributed by atoms with van der Waals surface area (Å²) in [6.45, 7) is 15.8. The molecule has 0 radical (unpaired) electrons. The second-order valence-corrected chi connectivity index (χ2v) is 8.37. The fraction of sp³-hybridized carbons (Fsp3) is 0.895. The highest BCUT2D eigenvalue weighted by Gasteiger charge is 2.16. The molecule has 0 aromatic heterocycles. The highest BCUT2D eigenvalue weighted by atomic mass is 127. The molecule has 1 amide bonds. The average molecular weight is 512 g/mol. The first-order valence-corrected chi connectivity index (χ1v) is 10.0. The predicted octanol–water partition coefficient (Wildman–Crippen LogP) is 1.57. The van der Waals surface area contributed by atoms with Gasteiger partial charge in [-0.3, -0.25) is 4.99 Å². The van der Waals surface area contributed by atoms with E-state index in [1.165, 1.54) is 0 Å². The van der Waals surface area contributed by atoms with Gasteiger partial charge in [-0.15, -0.1) is 24.0 Å². The Kier molecular flexibility index (Phi) is 13.8. The van der Waals surface area contributed by atoms with Crippen LogP contribution in [0.2, 0.25) is 0 Å². The summed E-state index contributed by atoms with van der Waals surface area (Å²) >= 11 is 0. The number of hydrogen-bond donors (Lipinski definition) is 3. The van der Waals surface area contributed by atoms with E-state index in [-0.39, 0.29) is 30.1 Å². The van der Waals surface area contributed by atoms with E-state index >= 15 is 0 Å². The van der Waals surface area contributed by atoms with Crippen LogP contribution in [0.25, 0.3) is 0 Å². The van der Waals surface area contributed by atoms with Crippen molar-refractivity contribution < 1.29 is 9.53 Å². The third-order valence-corrected chi connectivity index (χ3v) is 4.32. The van der Waals surface area contributed by atoms with Crippen molar-refractivity contribution in [3.8, 4) is 0 Å². The van der Waals surface area contributed by atoms with Gasteiger partial charge < -0.3 is 30.5 Å². The van der Waals surface area contributed by atoms with Crippen molar-refractivity contribution in [2.75, 3.05) is 66.5 Å². The zero-order valence-electron chi connectivity index (χ0n) is 18.5. The maximum atomic E-state index is 11.6. The molecule has 9 heteroatoms. The molecule has 0 aromatic carbocycles. The van der Waals surface area contributed by atoms with E-state index in [0.717, 1.165) is 58.2 Å². The quantitative estimate of drug-likeness (QED) is 0.198. The van der Waals surface area contributed by atoms with Gasteiger partial charge in [0, 0.05) is 59.4 Å². The molecule has 1 atom stereocenters. The van der Waals surface area contributed by atoms with Crippen molar-refractivity contribution in [1.82, 2.24) is 25.8 Å². The van der Waals surface area contributed by atoms with Crippen LogP contribution in [0.15, 0.2) is 4.99 Å². The third kappa shape index (κ3) is 13.4. The van der Waals surface area contributed by atoms with Crippen LogP contribution < -0.4 is 16.0 Å². The molecule has 1 rings (SSSR count). The summed E-state index contributed by atoms with van der Waals surface area (Å²) in [7, 11) is 3.96. The Morgan fingerprint density at radius 2 is 1.71 bits per heavy atom. The van der Waals surface area contributed by atoms with Crippen LogP contribution in [0.1, 0.15) is 34.1 Å². The van der Waals surface area contributed by atoms with Gasteiger partial charge in [0.1, 0.15) is 5.60 Å². The molecule has 1 aliphatic heterocycles. The lowest BCUT2D eigenvalue weighted by atomic mass is 10.1. The number of piperazine rings is 1. The minimum absolute atomic E-state index is 0. The number of alkyl carbamates (subject to hydrolysis) is 1. The van der Waals surface area contributed by atoms with E-state index in [9.17, 15) is 4.79 Å². The Bertz CT molecular complexity index is 462. The second kappa shape index (κ2) is 14.2. The van der Waals surface area contributed by atoms with Crippen LogP contribution in [0.4, 0.5) is 4.79 Å². The van der Waals surface area contributed by atoms with E-state index in [1.54, 1.807) is 7.05 Å². The predicted molar refractivity (Wildman–Crippen MR) is 127 cm³/mol. The van der Waals surface area contributed by atoms with E-state index in [2.05, 4.69) is 44.7 Å². The van der Waals surface area contributed by atoms with Gasteiger partial charge in [-0.25, -0.2) is 4.79 Å². The number of guanidine groups is 1. The molecule has 0 spiro atoms. The highest BCUT2D eigenvalue weighted by Crippen LogP contribution is 2.06. The van der Waals surface area contributed by atoms with Crippen LogP contribution in [0.5, 0.6) is 0 Å². The minimum Gasteiger partial charge on any atom is -0.444 e. The zero-order chi connectivity index (χ0) is 20.3. The molecule has 28 heavy (non-hydrogen) atoms. The Hall–Kier alpha value is -0.810. The molecule has 0 saturated carbocycles. The highest BCUT2D eigenvalue weighted by molar-refractivity contribution is 14.0. The number of hydrogen-bond acceptors (Lipinski definition) is 5. The summed E-state index contributed by atoms with van der Waals surface area (Å²) in [4.78, 5) is 20.7. The smallest absolute Gasteiger partial charge is 0.407 e. The van der Waals surface area contributed by atoms with Crippen LogP contribution in [-0.2, 0) is 4.74 Å². The summed E-state index contributed by atoms with van der Waals surface area (Å²) < 4.78 is 5.21. The van der Waals surface area contributed by atoms with Crippen molar-refractivity contribution in [3.63, 3.8) is 0 Å². The van der Waals surface area contributed by atoms with E-state index < -0.39 is 5.60 Å². The summed E-state index contributed by atoms with van der Waals surface area (Å²) in [6.07, 6.45) is 0.430. The first-order chi connectivity index (χ1) is 12.7. The number of ether oxygens (including phenoxy) is 1. The third-order valence-electron chi connectivity index (χ3n) is 4.32. The van der Waals surface area contributed by atoms with Crippen molar-refractivity contribution in [3.05, 3.63) is 0 Å². The summed E-state index contributed by atoms with van der Waals surface area (Å²) in [5.41, 5.74) is -0.463. The number of rotatable bonds is 8. The van der Waals surface area contributed by atoms with Gasteiger partial charge in [0.2, 0.25) is 0 Å². The Labute approximate surface area is 188 Å². The molecule has 1 aliphatic rings. The van der Waals surface area contributed by atoms with Gasteiger partial charge in [-0.1, -0.05) is 6.92 Å². The molecular formula is C19H41IN6O2. The lowest BCUT2D eigenvalue weighted by Crippen LogP contribution is -2.47. The first kappa shape index (κ1) is 27.2. The zero-order valence-corrected chi connectivity index (χ0v) is 20.8. The maximum absolute atomic E-state index is 11.6. The number of nitrogens with zero attached hydrogens (tertiary/aromatic N) is 3. The summed E-state index contributed by atoms with van der Waals surface area (Å²) in [5, 5.41) is 9.43. The molecule has 3 N–H and O–H groups in total. The molecule has 0 aliphatic carbocycles. The number of nitrogens with one attached hydrogen (secondary N) is 3. The van der Waals surface area contributed by atoms with Crippen LogP contribution >= 0.6 is 24.0 Å². The SMILES string of the molecule is CN=C(NCCCNC(=O)OC(C)(C)C)NCC(C)CN1CCN(C)CC1.I. The van der Waals surface area contributed by atoms with Gasteiger partial charge in [0.15, 0.2) is 5.96 Å². The van der Waals surface area contributed by atoms with Crippen LogP contribution in [-0.4, -0.2) is 93.9 Å². The minimum atomic E-state index is -0.463. The standard InChI is InChI=1S/C19H40N6O2.HI/c1-16(15-25-12-10-24(6)11-13-25)14-23-17(20-5)21-8-7-9-22-18(26)27-19(2,3)4;/h16H,7-15H2,1-6H3,(H,22,26)(H2,20,21,23);1H. The molecular weight excluding hydrogens is 471 g/mol. The normalized spacial score (nSPS) is 17.4. The van der Waals surface area contributed by atoms with Crippen molar-refractivity contribution in [2.24, 2.45) is 10.9 Å². The summed E-state index contributed by atoms with van der Waals surface area (Å²) in [5.74, 6) is 1.36. The van der Waals surface area contributed by atoms with Gasteiger partial charge >= 0.3 is 6.09 Å². The molecule has 1 fully saturated rings. The molecule has 1 saturated heterocycles. The number of carbonyl (C=O) groups excluding carboxylic acids is 1. The van der Waals surface area contributed by atoms with Gasteiger partial charge in [0.25, 0.3) is 0 Å². The fourth-order valence-corrected chi connectivity index (χ4v) is 2.83. The molecule has 1 heterocycles. The Morgan fingerprint density at radius 3 is 2.29 bits per heavy atom. The number of carbonyl (C=O) groups is 1. The van der Waals surface area contributed by atoms with E-state index in [4.69, 9.17) is 4.74 Å². The number of likely N-dealkylation sites (N-methyl/N-ethyl adjacent to an activating group) is 1. The van der Waals surface area contributed by atoms with Crippen molar-refractivity contribution >= 4 is 36.0 Å². The lowest BCUT2D eigenvalue weighted by Gasteiger charge is -2.34. The fourth-order valence-electron chi connectivity index (χ4n) is 2.83. The Balaban J connectivity index is 0.00000729. The number of amides is 1. The van der Waals surface area contributed by atoms with Gasteiger partial charge in [-0.2, -0.15) is 0 Å². The topological polar surface area (TPSA) is 81.2 Å². The van der Waals surface area contributed by atoms with Crippen molar-refractivity contribution in [2.45, 2.75) is 39.7 Å². The van der Waals surface area contributed by atoms with E-state index in [1.807, 2.05) is 20.8 Å². The number of aliphatic imine (C=N–C) groups is 1. The molecule has 0 bridgehead atoms. The van der Waals surface area contributed by atoms with Gasteiger partial charge in [-0.05, 0) is 40.2 Å². The molecule has 0 aromatic rings. The molecule has 8 nitrogen and oxygen atoms in total. The van der Waals surface area contributed by atoms with Crippen molar-refractivity contribution in [1.29, 1.82) is 0 Å². The lowest BCUT2D eigenvalue weighted by molar-refractivity contribution is 0.0527. The second-order valence-electron chi connectivity index (χ2n) is 8.37. The largest absolute Gasteiger partial charge is 0.444 e. The summed E-state index contributed by atoms with van der Waals surface area (Å²) in [6, 6.07) is 0. The van der Waals surface area contributed by atoms with Gasteiger partial charge in [0.05, 0.1) is 0 Å². The number of halogens is 1. The molecule has 166 valence electrons. The van der Waals surface area contributed by atoms with Crippen LogP contribution in [0.3, 0.4) is 0 Å².